The topological polar surface area (TPSA) is 108 Å². The third kappa shape index (κ3) is 4.93. The molecule has 1 aliphatic heterocycles. The summed E-state index contributed by atoms with van der Waals surface area (Å²) in [5, 5.41) is 8.28. The van der Waals surface area contributed by atoms with Crippen LogP contribution in [0.2, 0.25) is 0 Å². The molecule has 0 aromatic heterocycles. The Balaban J connectivity index is 1.55. The second kappa shape index (κ2) is 8.63. The van der Waals surface area contributed by atoms with Gasteiger partial charge in [-0.2, -0.15) is 0 Å². The third-order valence-electron chi connectivity index (χ3n) is 5.30. The lowest BCUT2D eigenvalue weighted by Crippen LogP contribution is -2.48. The maximum Gasteiger partial charge on any atom is 0.325 e. The molecule has 0 atom stereocenters. The molecule has 0 radical (unpaired) electrons. The highest BCUT2D eigenvalue weighted by molar-refractivity contribution is 6.10. The number of anilines is 2. The van der Waals surface area contributed by atoms with Gasteiger partial charge >= 0.3 is 6.03 Å². The molecule has 29 heavy (non-hydrogen) atoms. The monoisotopic (exact) mass is 400 g/mol. The molecule has 5 amide bonds. The fourth-order valence-corrected chi connectivity index (χ4v) is 3.88. The van der Waals surface area contributed by atoms with E-state index in [0.717, 1.165) is 24.2 Å². The number of carbonyl (C=O) groups excluding carboxylic acids is 4. The summed E-state index contributed by atoms with van der Waals surface area (Å²) in [4.78, 5) is 50.1. The minimum absolute atomic E-state index is 0.0630. The Morgan fingerprint density at radius 1 is 1.00 bits per heavy atom. The zero-order valence-electron chi connectivity index (χ0n) is 16.9. The molecule has 1 aliphatic carbocycles. The van der Waals surface area contributed by atoms with Gasteiger partial charge in [0.05, 0.1) is 0 Å². The van der Waals surface area contributed by atoms with E-state index in [-0.39, 0.29) is 24.3 Å². The average Bonchev–Trinajstić information content (AvgIpc) is 2.87. The summed E-state index contributed by atoms with van der Waals surface area (Å²) < 4.78 is 0. The molecule has 1 saturated heterocycles. The lowest BCUT2D eigenvalue weighted by atomic mass is 9.82. The molecular weight excluding hydrogens is 372 g/mol. The first-order chi connectivity index (χ1) is 13.8. The van der Waals surface area contributed by atoms with Crippen molar-refractivity contribution in [3.8, 4) is 0 Å². The number of nitrogens with one attached hydrogen (secondary N) is 3. The largest absolute Gasteiger partial charge is 0.326 e. The standard InChI is InChI=1S/C21H28N4O4/c1-14(2)12-17(26)22-15-6-8-16(9-7-15)23-18(27)13-25-19(28)21(24-20(25)29)10-4-3-5-11-21/h6-9,14H,3-5,10-13H2,1-2H3,(H,22,26)(H,23,27)(H,24,29). The second-order valence-corrected chi connectivity index (χ2v) is 8.24. The third-order valence-corrected chi connectivity index (χ3v) is 5.30. The van der Waals surface area contributed by atoms with E-state index in [2.05, 4.69) is 16.0 Å². The molecule has 0 bridgehead atoms. The van der Waals surface area contributed by atoms with Crippen LogP contribution in [0.25, 0.3) is 0 Å². The molecule has 8 nitrogen and oxygen atoms in total. The van der Waals surface area contributed by atoms with Gasteiger partial charge in [0.2, 0.25) is 11.8 Å². The first-order valence-corrected chi connectivity index (χ1v) is 10.1. The van der Waals surface area contributed by atoms with Crippen LogP contribution in [0.5, 0.6) is 0 Å². The SMILES string of the molecule is CC(C)CC(=O)Nc1ccc(NC(=O)CN2C(=O)NC3(CCCCC3)C2=O)cc1. The fraction of sp³-hybridized carbons (Fsp3) is 0.524. The number of urea groups is 1. The van der Waals surface area contributed by atoms with E-state index >= 15 is 0 Å². The maximum atomic E-state index is 12.7. The first-order valence-electron chi connectivity index (χ1n) is 10.1. The minimum Gasteiger partial charge on any atom is -0.326 e. The molecule has 2 aliphatic rings. The molecule has 156 valence electrons. The molecular formula is C21H28N4O4. The number of benzene rings is 1. The summed E-state index contributed by atoms with van der Waals surface area (Å²) in [5.41, 5.74) is 0.337. The fourth-order valence-electron chi connectivity index (χ4n) is 3.88. The van der Waals surface area contributed by atoms with Gasteiger partial charge in [-0.1, -0.05) is 33.1 Å². The van der Waals surface area contributed by atoms with Gasteiger partial charge in [0.1, 0.15) is 12.1 Å². The van der Waals surface area contributed by atoms with Crippen LogP contribution in [0.15, 0.2) is 24.3 Å². The van der Waals surface area contributed by atoms with Crippen molar-refractivity contribution in [1.29, 1.82) is 0 Å². The summed E-state index contributed by atoms with van der Waals surface area (Å²) in [6.07, 6.45) is 4.53. The number of carbonyl (C=O) groups is 4. The number of hydrogen-bond donors (Lipinski definition) is 3. The molecule has 1 aromatic carbocycles. The molecule has 2 fully saturated rings. The second-order valence-electron chi connectivity index (χ2n) is 8.24. The normalized spacial score (nSPS) is 18.1. The predicted octanol–water partition coefficient (Wildman–Crippen LogP) is 2.86. The number of imide groups is 1. The molecule has 1 saturated carbocycles. The number of nitrogens with zero attached hydrogens (tertiary/aromatic N) is 1. The van der Waals surface area contributed by atoms with Gasteiger partial charge in [0.15, 0.2) is 0 Å². The average molecular weight is 400 g/mol. The highest BCUT2D eigenvalue weighted by atomic mass is 16.2. The van der Waals surface area contributed by atoms with Crippen molar-refractivity contribution in [2.75, 3.05) is 17.2 Å². The Morgan fingerprint density at radius 2 is 1.55 bits per heavy atom. The summed E-state index contributed by atoms with van der Waals surface area (Å²) in [5.74, 6) is -0.544. The van der Waals surface area contributed by atoms with E-state index in [1.54, 1.807) is 24.3 Å². The van der Waals surface area contributed by atoms with E-state index in [4.69, 9.17) is 0 Å². The number of hydrogen-bond acceptors (Lipinski definition) is 4. The van der Waals surface area contributed by atoms with Gasteiger partial charge in [-0.05, 0) is 43.0 Å². The van der Waals surface area contributed by atoms with Crippen LogP contribution in [0.4, 0.5) is 16.2 Å². The predicted molar refractivity (Wildman–Crippen MR) is 109 cm³/mol. The molecule has 3 N–H and O–H groups in total. The van der Waals surface area contributed by atoms with Gasteiger partial charge in [0, 0.05) is 17.8 Å². The van der Waals surface area contributed by atoms with Crippen molar-refractivity contribution in [2.24, 2.45) is 5.92 Å². The molecule has 1 spiro atoms. The summed E-state index contributed by atoms with van der Waals surface area (Å²) >= 11 is 0. The van der Waals surface area contributed by atoms with Gasteiger partial charge in [-0.25, -0.2) is 4.79 Å². The van der Waals surface area contributed by atoms with Crippen LogP contribution < -0.4 is 16.0 Å². The first kappa shape index (κ1) is 20.8. The lowest BCUT2D eigenvalue weighted by molar-refractivity contribution is -0.134. The smallest absolute Gasteiger partial charge is 0.325 e. The van der Waals surface area contributed by atoms with Crippen LogP contribution in [-0.2, 0) is 14.4 Å². The van der Waals surface area contributed by atoms with Gasteiger partial charge in [-0.15, -0.1) is 0 Å². The zero-order chi connectivity index (χ0) is 21.0. The van der Waals surface area contributed by atoms with E-state index in [9.17, 15) is 19.2 Å². The highest BCUT2D eigenvalue weighted by Crippen LogP contribution is 2.33. The van der Waals surface area contributed by atoms with Crippen molar-refractivity contribution in [3.63, 3.8) is 0 Å². The van der Waals surface area contributed by atoms with Crippen molar-refractivity contribution in [3.05, 3.63) is 24.3 Å². The van der Waals surface area contributed by atoms with Crippen LogP contribution in [0.3, 0.4) is 0 Å². The maximum absolute atomic E-state index is 12.7. The van der Waals surface area contributed by atoms with Crippen LogP contribution in [0.1, 0.15) is 52.4 Å². The Kier molecular flexibility index (Phi) is 6.20. The van der Waals surface area contributed by atoms with Crippen molar-refractivity contribution < 1.29 is 19.2 Å². The molecule has 8 heteroatoms. The minimum atomic E-state index is -0.828. The Labute approximate surface area is 170 Å². The summed E-state index contributed by atoms with van der Waals surface area (Å²) in [6.45, 7) is 3.62. The van der Waals surface area contributed by atoms with Crippen LogP contribution >= 0.6 is 0 Å². The zero-order valence-corrected chi connectivity index (χ0v) is 16.9. The summed E-state index contributed by atoms with van der Waals surface area (Å²) in [6, 6.07) is 6.21. The van der Waals surface area contributed by atoms with Crippen LogP contribution in [-0.4, -0.2) is 40.7 Å². The molecule has 1 aromatic rings. The molecule has 3 rings (SSSR count). The Morgan fingerprint density at radius 3 is 2.10 bits per heavy atom. The Bertz CT molecular complexity index is 797. The molecule has 0 unspecified atom stereocenters. The van der Waals surface area contributed by atoms with Gasteiger partial charge in [0.25, 0.3) is 5.91 Å². The number of rotatable bonds is 6. The quantitative estimate of drug-likeness (QED) is 0.638. The van der Waals surface area contributed by atoms with E-state index < -0.39 is 17.5 Å². The van der Waals surface area contributed by atoms with Crippen LogP contribution in [0, 0.1) is 5.92 Å². The highest BCUT2D eigenvalue weighted by Gasteiger charge is 2.51. The van der Waals surface area contributed by atoms with Gasteiger partial charge < -0.3 is 16.0 Å². The molecule has 1 heterocycles. The Hall–Kier alpha value is -2.90. The van der Waals surface area contributed by atoms with E-state index in [1.807, 2.05) is 13.8 Å². The lowest BCUT2D eigenvalue weighted by Gasteiger charge is -2.30. The number of amides is 5. The van der Waals surface area contributed by atoms with E-state index in [1.165, 1.54) is 0 Å². The van der Waals surface area contributed by atoms with Gasteiger partial charge in [-0.3, -0.25) is 19.3 Å². The van der Waals surface area contributed by atoms with E-state index in [0.29, 0.717) is 30.6 Å². The van der Waals surface area contributed by atoms with Crippen molar-refractivity contribution in [1.82, 2.24) is 10.2 Å². The summed E-state index contributed by atoms with van der Waals surface area (Å²) in [7, 11) is 0. The van der Waals surface area contributed by atoms with Crippen molar-refractivity contribution >= 4 is 35.1 Å². The van der Waals surface area contributed by atoms with Crippen molar-refractivity contribution in [2.45, 2.75) is 57.9 Å².